The zero-order valence-electron chi connectivity index (χ0n) is 8.92. The molecule has 0 bridgehead atoms. The lowest BCUT2D eigenvalue weighted by Gasteiger charge is -2.01. The summed E-state index contributed by atoms with van der Waals surface area (Å²) in [6, 6.07) is 7.29. The molecule has 0 spiro atoms. The Hall–Kier alpha value is -2.17. The van der Waals surface area contributed by atoms with E-state index in [1.54, 1.807) is 19.2 Å². The molecule has 1 aromatic heterocycles. The van der Waals surface area contributed by atoms with Crippen molar-refractivity contribution in [3.63, 3.8) is 0 Å². The van der Waals surface area contributed by atoms with Crippen molar-refractivity contribution in [1.82, 2.24) is 15.0 Å². The van der Waals surface area contributed by atoms with Gasteiger partial charge in [-0.25, -0.2) is 4.68 Å². The third-order valence-electron chi connectivity index (χ3n) is 2.32. The van der Waals surface area contributed by atoms with E-state index < -0.39 is 0 Å². The first-order valence-corrected chi connectivity index (χ1v) is 4.89. The molecule has 0 saturated heterocycles. The highest BCUT2D eigenvalue weighted by molar-refractivity contribution is 5.95. The summed E-state index contributed by atoms with van der Waals surface area (Å²) in [6.07, 6.45) is 1.78. The molecule has 0 amide bonds. The minimum atomic E-state index is -0.0156. The number of ketones is 1. The minimum absolute atomic E-state index is 0.0156. The molecule has 0 atom stereocenters. The molecule has 0 saturated carbocycles. The zero-order chi connectivity index (χ0) is 11.5. The van der Waals surface area contributed by atoms with Gasteiger partial charge in [-0.2, -0.15) is 0 Å². The van der Waals surface area contributed by atoms with Crippen molar-refractivity contribution in [1.29, 1.82) is 0 Å². The van der Waals surface area contributed by atoms with E-state index in [-0.39, 0.29) is 5.78 Å². The summed E-state index contributed by atoms with van der Waals surface area (Å²) in [5.41, 5.74) is 7.70. The lowest BCUT2D eigenvalue weighted by molar-refractivity contribution is 0.0984. The molecule has 0 unspecified atom stereocenters. The molecule has 2 rings (SSSR count). The van der Waals surface area contributed by atoms with Crippen LogP contribution in [0.4, 0.5) is 5.69 Å². The smallest absolute Gasteiger partial charge is 0.186 e. The predicted molar refractivity (Wildman–Crippen MR) is 59.9 cm³/mol. The van der Waals surface area contributed by atoms with Crippen molar-refractivity contribution in [2.24, 2.45) is 7.05 Å². The number of hydrogen-bond donors (Lipinski definition) is 1. The minimum Gasteiger partial charge on any atom is -0.399 e. The molecule has 1 heterocycles. The number of anilines is 1. The molecular weight excluding hydrogens is 204 g/mol. The predicted octanol–water partition coefficient (Wildman–Crippen LogP) is 0.823. The van der Waals surface area contributed by atoms with Gasteiger partial charge in [0.1, 0.15) is 5.69 Å². The molecule has 0 aliphatic carbocycles. The number of aryl methyl sites for hydroxylation is 1. The Morgan fingerprint density at radius 3 is 2.94 bits per heavy atom. The molecule has 0 aliphatic rings. The third-order valence-corrected chi connectivity index (χ3v) is 2.32. The molecule has 2 aromatic rings. The van der Waals surface area contributed by atoms with Crippen LogP contribution in [0, 0.1) is 0 Å². The van der Waals surface area contributed by atoms with Crippen LogP contribution in [0.1, 0.15) is 16.1 Å². The van der Waals surface area contributed by atoms with E-state index in [2.05, 4.69) is 10.3 Å². The van der Waals surface area contributed by atoms with Crippen LogP contribution >= 0.6 is 0 Å². The maximum Gasteiger partial charge on any atom is 0.186 e. The summed E-state index contributed by atoms with van der Waals surface area (Å²) >= 11 is 0. The summed E-state index contributed by atoms with van der Waals surface area (Å²) < 4.78 is 1.47. The average Bonchev–Trinajstić information content (AvgIpc) is 2.64. The van der Waals surface area contributed by atoms with Gasteiger partial charge in [0.25, 0.3) is 0 Å². The van der Waals surface area contributed by atoms with E-state index in [4.69, 9.17) is 5.73 Å². The largest absolute Gasteiger partial charge is 0.399 e. The maximum absolute atomic E-state index is 11.9. The van der Waals surface area contributed by atoms with Crippen molar-refractivity contribution >= 4 is 11.5 Å². The van der Waals surface area contributed by atoms with Crippen molar-refractivity contribution in [3.8, 4) is 0 Å². The number of nitrogens with two attached hydrogens (primary N) is 1. The van der Waals surface area contributed by atoms with Gasteiger partial charge >= 0.3 is 0 Å². The summed E-state index contributed by atoms with van der Waals surface area (Å²) in [7, 11) is 1.69. The molecule has 5 nitrogen and oxygen atoms in total. The second-order valence-corrected chi connectivity index (χ2v) is 3.59. The van der Waals surface area contributed by atoms with Crippen LogP contribution in [0.15, 0.2) is 30.5 Å². The van der Waals surface area contributed by atoms with Crippen molar-refractivity contribution < 1.29 is 4.79 Å². The van der Waals surface area contributed by atoms with E-state index in [0.29, 0.717) is 17.8 Å². The monoisotopic (exact) mass is 216 g/mol. The van der Waals surface area contributed by atoms with Crippen molar-refractivity contribution in [2.75, 3.05) is 5.73 Å². The number of hydrogen-bond acceptors (Lipinski definition) is 4. The summed E-state index contributed by atoms with van der Waals surface area (Å²) in [5, 5.41) is 7.39. The van der Waals surface area contributed by atoms with Gasteiger partial charge < -0.3 is 5.73 Å². The number of carbonyl (C=O) groups is 1. The number of carbonyl (C=O) groups excluding carboxylic acids is 1. The van der Waals surface area contributed by atoms with Crippen LogP contribution in [0.2, 0.25) is 0 Å². The molecule has 5 heteroatoms. The molecule has 2 N–H and O–H groups in total. The first-order chi connectivity index (χ1) is 7.66. The fourth-order valence-electron chi connectivity index (χ4n) is 1.52. The number of nitrogen functional groups attached to an aromatic ring is 1. The van der Waals surface area contributed by atoms with Crippen LogP contribution in [-0.2, 0) is 13.5 Å². The standard InChI is InChI=1S/C11H12N4O/c1-15-10(7-13-14-15)11(16)6-8-3-2-4-9(12)5-8/h2-5,7H,6,12H2,1H3. The van der Waals surface area contributed by atoms with Crippen molar-refractivity contribution in [3.05, 3.63) is 41.7 Å². The van der Waals surface area contributed by atoms with E-state index in [0.717, 1.165) is 5.56 Å². The fraction of sp³-hybridized carbons (Fsp3) is 0.182. The highest BCUT2D eigenvalue weighted by Gasteiger charge is 2.11. The first kappa shape index (κ1) is 10.4. The normalized spacial score (nSPS) is 10.3. The summed E-state index contributed by atoms with van der Waals surface area (Å²) in [6.45, 7) is 0. The Labute approximate surface area is 92.9 Å². The van der Waals surface area contributed by atoms with E-state index in [9.17, 15) is 4.79 Å². The molecule has 0 radical (unpaired) electrons. The zero-order valence-corrected chi connectivity index (χ0v) is 8.92. The van der Waals surface area contributed by atoms with Gasteiger partial charge in [0, 0.05) is 19.2 Å². The van der Waals surface area contributed by atoms with Gasteiger partial charge in [-0.05, 0) is 17.7 Å². The van der Waals surface area contributed by atoms with Gasteiger partial charge in [0.15, 0.2) is 5.78 Å². The Morgan fingerprint density at radius 1 is 1.50 bits per heavy atom. The van der Waals surface area contributed by atoms with E-state index in [1.165, 1.54) is 10.9 Å². The molecule has 82 valence electrons. The molecule has 0 fully saturated rings. The lowest BCUT2D eigenvalue weighted by Crippen LogP contribution is -2.09. The number of benzene rings is 1. The number of aromatic nitrogens is 3. The highest BCUT2D eigenvalue weighted by Crippen LogP contribution is 2.09. The Balaban J connectivity index is 2.17. The van der Waals surface area contributed by atoms with Crippen molar-refractivity contribution in [2.45, 2.75) is 6.42 Å². The van der Waals surface area contributed by atoms with Crippen LogP contribution in [0.25, 0.3) is 0 Å². The maximum atomic E-state index is 11.9. The third kappa shape index (κ3) is 2.08. The Bertz CT molecular complexity index is 518. The van der Waals surface area contributed by atoms with E-state index in [1.807, 2.05) is 12.1 Å². The Morgan fingerprint density at radius 2 is 2.31 bits per heavy atom. The van der Waals surface area contributed by atoms with Gasteiger partial charge in [-0.3, -0.25) is 4.79 Å². The summed E-state index contributed by atoms with van der Waals surface area (Å²) in [4.78, 5) is 11.9. The van der Waals surface area contributed by atoms with E-state index >= 15 is 0 Å². The number of Topliss-reactive ketones (excluding diaryl/α,β-unsaturated/α-hetero) is 1. The number of rotatable bonds is 3. The van der Waals surface area contributed by atoms with Gasteiger partial charge in [0.2, 0.25) is 0 Å². The lowest BCUT2D eigenvalue weighted by atomic mass is 10.1. The number of nitrogens with zero attached hydrogens (tertiary/aromatic N) is 3. The Kier molecular flexibility index (Phi) is 2.68. The van der Waals surface area contributed by atoms with Crippen LogP contribution in [0.3, 0.4) is 0 Å². The van der Waals surface area contributed by atoms with Crippen LogP contribution in [0.5, 0.6) is 0 Å². The second kappa shape index (κ2) is 4.14. The molecule has 0 aliphatic heterocycles. The second-order valence-electron chi connectivity index (χ2n) is 3.59. The topological polar surface area (TPSA) is 73.8 Å². The molecule has 1 aromatic carbocycles. The van der Waals surface area contributed by atoms with Crippen LogP contribution in [-0.4, -0.2) is 20.8 Å². The SMILES string of the molecule is Cn1nncc1C(=O)Cc1cccc(N)c1. The highest BCUT2D eigenvalue weighted by atomic mass is 16.1. The van der Waals surface area contributed by atoms with Crippen LogP contribution < -0.4 is 5.73 Å². The van der Waals surface area contributed by atoms with Gasteiger partial charge in [0.05, 0.1) is 6.20 Å². The molecule has 16 heavy (non-hydrogen) atoms. The van der Waals surface area contributed by atoms with Gasteiger partial charge in [-0.15, -0.1) is 5.10 Å². The van der Waals surface area contributed by atoms with Gasteiger partial charge in [-0.1, -0.05) is 17.3 Å². The average molecular weight is 216 g/mol. The summed E-state index contributed by atoms with van der Waals surface area (Å²) in [5.74, 6) is -0.0156. The first-order valence-electron chi connectivity index (χ1n) is 4.89. The molecular formula is C11H12N4O. The fourth-order valence-corrected chi connectivity index (χ4v) is 1.52. The quantitative estimate of drug-likeness (QED) is 0.609.